The van der Waals surface area contributed by atoms with E-state index in [4.69, 9.17) is 18.9 Å². The van der Waals surface area contributed by atoms with Crippen molar-refractivity contribution in [3.05, 3.63) is 47.0 Å². The molecule has 0 atom stereocenters. The molecule has 2 rings (SSSR count). The van der Waals surface area contributed by atoms with Crippen LogP contribution in [0.2, 0.25) is 0 Å². The fourth-order valence-electron chi connectivity index (χ4n) is 3.12. The highest BCUT2D eigenvalue weighted by atomic mass is 16.5. The van der Waals surface area contributed by atoms with Gasteiger partial charge in [0.15, 0.2) is 18.1 Å². The maximum Gasteiger partial charge on any atom is 0.310 e. The highest BCUT2D eigenvalue weighted by molar-refractivity contribution is 5.94. The first-order valence-corrected chi connectivity index (χ1v) is 9.64. The lowest BCUT2D eigenvalue weighted by Crippen LogP contribution is -2.23. The molecule has 0 aliphatic carbocycles. The van der Waals surface area contributed by atoms with E-state index in [9.17, 15) is 9.59 Å². The van der Waals surface area contributed by atoms with Gasteiger partial charge in [0.05, 0.1) is 27.8 Å². The van der Waals surface area contributed by atoms with Gasteiger partial charge in [-0.05, 0) is 41.7 Å². The van der Waals surface area contributed by atoms with E-state index in [1.807, 2.05) is 25.1 Å². The highest BCUT2D eigenvalue weighted by Gasteiger charge is 2.17. The van der Waals surface area contributed by atoms with E-state index in [2.05, 4.69) is 19.2 Å². The second-order valence-corrected chi connectivity index (χ2v) is 7.11. The van der Waals surface area contributed by atoms with Gasteiger partial charge in [-0.1, -0.05) is 32.0 Å². The zero-order valence-electron chi connectivity index (χ0n) is 18.3. The van der Waals surface area contributed by atoms with E-state index in [-0.39, 0.29) is 24.9 Å². The normalized spacial score (nSPS) is 10.5. The van der Waals surface area contributed by atoms with Gasteiger partial charge in [-0.25, -0.2) is 0 Å². The van der Waals surface area contributed by atoms with E-state index in [1.54, 1.807) is 12.1 Å². The first kappa shape index (κ1) is 23.1. The predicted molar refractivity (Wildman–Crippen MR) is 115 cm³/mol. The SMILES string of the molecule is COc1cc(CC(=O)OCC(=O)Nc2c(C)cccc2C(C)C)cc(OC)c1OC. The maximum atomic E-state index is 12.3. The summed E-state index contributed by atoms with van der Waals surface area (Å²) < 4.78 is 21.0. The van der Waals surface area contributed by atoms with Gasteiger partial charge in [0.1, 0.15) is 0 Å². The summed E-state index contributed by atoms with van der Waals surface area (Å²) in [4.78, 5) is 24.6. The van der Waals surface area contributed by atoms with E-state index in [0.29, 0.717) is 22.8 Å². The second-order valence-electron chi connectivity index (χ2n) is 7.11. The second kappa shape index (κ2) is 10.5. The lowest BCUT2D eigenvalue weighted by atomic mass is 9.98. The Labute approximate surface area is 177 Å². The van der Waals surface area contributed by atoms with Gasteiger partial charge < -0.3 is 24.3 Å². The van der Waals surface area contributed by atoms with Gasteiger partial charge in [0.25, 0.3) is 5.91 Å². The molecule has 162 valence electrons. The Kier molecular flexibility index (Phi) is 8.09. The topological polar surface area (TPSA) is 83.1 Å². The highest BCUT2D eigenvalue weighted by Crippen LogP contribution is 2.38. The lowest BCUT2D eigenvalue weighted by Gasteiger charge is -2.16. The number of methoxy groups -OCH3 is 3. The van der Waals surface area contributed by atoms with Crippen LogP contribution in [-0.2, 0) is 20.7 Å². The molecule has 0 fully saturated rings. The Bertz CT molecular complexity index is 882. The Morgan fingerprint density at radius 2 is 1.63 bits per heavy atom. The van der Waals surface area contributed by atoms with Crippen molar-refractivity contribution in [3.63, 3.8) is 0 Å². The number of anilines is 1. The number of carbonyl (C=O) groups is 2. The van der Waals surface area contributed by atoms with Crippen LogP contribution in [-0.4, -0.2) is 39.8 Å². The summed E-state index contributed by atoms with van der Waals surface area (Å²) >= 11 is 0. The van der Waals surface area contributed by atoms with Crippen molar-refractivity contribution < 1.29 is 28.5 Å². The van der Waals surface area contributed by atoms with Crippen LogP contribution in [0.5, 0.6) is 17.2 Å². The van der Waals surface area contributed by atoms with Gasteiger partial charge in [-0.3, -0.25) is 9.59 Å². The van der Waals surface area contributed by atoms with E-state index in [0.717, 1.165) is 16.8 Å². The number of esters is 1. The zero-order valence-corrected chi connectivity index (χ0v) is 18.3. The standard InChI is InChI=1S/C23H29NO6/c1-14(2)17-9-7-8-15(3)22(17)24-20(25)13-30-21(26)12-16-10-18(27-4)23(29-6)19(11-16)28-5/h7-11,14H,12-13H2,1-6H3,(H,24,25). The molecule has 0 aliphatic heterocycles. The molecule has 1 amide bonds. The van der Waals surface area contributed by atoms with E-state index >= 15 is 0 Å². The van der Waals surface area contributed by atoms with Crippen LogP contribution in [0, 0.1) is 6.92 Å². The number of para-hydroxylation sites is 1. The number of amides is 1. The van der Waals surface area contributed by atoms with Gasteiger partial charge >= 0.3 is 5.97 Å². The van der Waals surface area contributed by atoms with Crippen molar-refractivity contribution in [2.24, 2.45) is 0 Å². The Hall–Kier alpha value is -3.22. The molecule has 0 spiro atoms. The first-order chi connectivity index (χ1) is 14.3. The third kappa shape index (κ3) is 5.65. The summed E-state index contributed by atoms with van der Waals surface area (Å²) in [7, 11) is 4.51. The number of hydrogen-bond acceptors (Lipinski definition) is 6. The van der Waals surface area contributed by atoms with Crippen LogP contribution in [0.4, 0.5) is 5.69 Å². The van der Waals surface area contributed by atoms with Crippen LogP contribution in [0.25, 0.3) is 0 Å². The fraction of sp³-hybridized carbons (Fsp3) is 0.391. The fourth-order valence-corrected chi connectivity index (χ4v) is 3.12. The predicted octanol–water partition coefficient (Wildman–Crippen LogP) is 3.87. The van der Waals surface area contributed by atoms with Crippen molar-refractivity contribution in [2.45, 2.75) is 33.1 Å². The molecule has 0 unspecified atom stereocenters. The average molecular weight is 415 g/mol. The summed E-state index contributed by atoms with van der Waals surface area (Å²) in [6.07, 6.45) is -0.0361. The molecule has 7 nitrogen and oxygen atoms in total. The molecule has 2 aromatic rings. The number of benzene rings is 2. The van der Waals surface area contributed by atoms with Crippen molar-refractivity contribution >= 4 is 17.6 Å². The largest absolute Gasteiger partial charge is 0.493 e. The minimum Gasteiger partial charge on any atom is -0.493 e. The molecule has 0 bridgehead atoms. The number of rotatable bonds is 9. The maximum absolute atomic E-state index is 12.3. The molecular formula is C23H29NO6. The van der Waals surface area contributed by atoms with Crippen LogP contribution in [0.3, 0.4) is 0 Å². The van der Waals surface area contributed by atoms with Crippen LogP contribution >= 0.6 is 0 Å². The van der Waals surface area contributed by atoms with Crippen molar-refractivity contribution in [2.75, 3.05) is 33.3 Å². The monoisotopic (exact) mass is 415 g/mol. The quantitative estimate of drug-likeness (QED) is 0.626. The molecule has 0 radical (unpaired) electrons. The minimum absolute atomic E-state index is 0.0361. The molecule has 0 saturated heterocycles. The molecule has 0 heterocycles. The third-order valence-electron chi connectivity index (χ3n) is 4.63. The Morgan fingerprint density at radius 1 is 1.00 bits per heavy atom. The summed E-state index contributed by atoms with van der Waals surface area (Å²) in [6, 6.07) is 9.20. The van der Waals surface area contributed by atoms with E-state index < -0.39 is 5.97 Å². The Balaban J connectivity index is 2.01. The summed E-state index contributed by atoms with van der Waals surface area (Å²) in [5.74, 6) is 0.660. The molecule has 7 heteroatoms. The Morgan fingerprint density at radius 3 is 2.17 bits per heavy atom. The number of aryl methyl sites for hydroxylation is 1. The van der Waals surface area contributed by atoms with Crippen molar-refractivity contribution in [1.82, 2.24) is 0 Å². The summed E-state index contributed by atoms with van der Waals surface area (Å²) in [5.41, 5.74) is 3.37. The molecule has 30 heavy (non-hydrogen) atoms. The first-order valence-electron chi connectivity index (χ1n) is 9.64. The van der Waals surface area contributed by atoms with Gasteiger partial charge in [-0.15, -0.1) is 0 Å². The van der Waals surface area contributed by atoms with Crippen LogP contribution < -0.4 is 19.5 Å². The van der Waals surface area contributed by atoms with E-state index in [1.165, 1.54) is 21.3 Å². The van der Waals surface area contributed by atoms with Gasteiger partial charge in [0.2, 0.25) is 5.75 Å². The number of ether oxygens (including phenoxy) is 4. The minimum atomic E-state index is -0.534. The molecule has 2 aromatic carbocycles. The smallest absolute Gasteiger partial charge is 0.310 e. The summed E-state index contributed by atoms with van der Waals surface area (Å²) in [6.45, 7) is 5.68. The molecule has 0 saturated carbocycles. The van der Waals surface area contributed by atoms with Crippen LogP contribution in [0.1, 0.15) is 36.5 Å². The summed E-state index contributed by atoms with van der Waals surface area (Å²) in [5, 5.41) is 2.86. The molecular weight excluding hydrogens is 386 g/mol. The average Bonchev–Trinajstić information content (AvgIpc) is 2.72. The van der Waals surface area contributed by atoms with Gasteiger partial charge in [0, 0.05) is 5.69 Å². The molecule has 1 N–H and O–H groups in total. The van der Waals surface area contributed by atoms with Crippen LogP contribution in [0.15, 0.2) is 30.3 Å². The van der Waals surface area contributed by atoms with Gasteiger partial charge in [-0.2, -0.15) is 0 Å². The van der Waals surface area contributed by atoms with Crippen molar-refractivity contribution in [1.29, 1.82) is 0 Å². The number of hydrogen-bond donors (Lipinski definition) is 1. The molecule has 0 aromatic heterocycles. The lowest BCUT2D eigenvalue weighted by molar-refractivity contribution is -0.146. The van der Waals surface area contributed by atoms with Crippen molar-refractivity contribution in [3.8, 4) is 17.2 Å². The third-order valence-corrected chi connectivity index (χ3v) is 4.63. The number of carbonyl (C=O) groups excluding carboxylic acids is 2. The zero-order chi connectivity index (χ0) is 22.3. The molecule has 0 aliphatic rings. The number of nitrogens with one attached hydrogen (secondary N) is 1.